The maximum atomic E-state index is 4.50. The Bertz CT molecular complexity index is 372. The fourth-order valence-corrected chi connectivity index (χ4v) is 2.83. The van der Waals surface area contributed by atoms with Gasteiger partial charge in [0.1, 0.15) is 0 Å². The summed E-state index contributed by atoms with van der Waals surface area (Å²) in [6.07, 6.45) is 6.33. The molecule has 2 rings (SSSR count). The van der Waals surface area contributed by atoms with Crippen LogP contribution in [0.3, 0.4) is 0 Å². The fourth-order valence-electron chi connectivity index (χ4n) is 1.68. The van der Waals surface area contributed by atoms with Crippen molar-refractivity contribution < 1.29 is 0 Å². The Morgan fingerprint density at radius 3 is 3.12 bits per heavy atom. The molecular formula is C11H18N4S. The number of hydrogen-bond donors (Lipinski definition) is 1. The van der Waals surface area contributed by atoms with Crippen molar-refractivity contribution >= 4 is 22.6 Å². The van der Waals surface area contributed by atoms with E-state index in [2.05, 4.69) is 29.3 Å². The number of anilines is 1. The van der Waals surface area contributed by atoms with E-state index in [0.717, 1.165) is 23.9 Å². The summed E-state index contributed by atoms with van der Waals surface area (Å²) in [6.45, 7) is 6.15. The van der Waals surface area contributed by atoms with Crippen LogP contribution in [-0.4, -0.2) is 26.7 Å². The third-order valence-electron chi connectivity index (χ3n) is 2.54. The maximum Gasteiger partial charge on any atom is 0.161 e. The molecule has 1 aliphatic rings. The fraction of sp³-hybridized carbons (Fsp3) is 0.636. The number of aryl methyl sites for hydroxylation is 1. The van der Waals surface area contributed by atoms with Gasteiger partial charge in [0.2, 0.25) is 0 Å². The zero-order chi connectivity index (χ0) is 11.4. The molecule has 0 aromatic carbocycles. The summed E-state index contributed by atoms with van der Waals surface area (Å²) in [6, 6.07) is 0. The topological polar surface area (TPSA) is 42.2 Å². The Hall–Kier alpha value is -0.970. The molecule has 2 heterocycles. The van der Waals surface area contributed by atoms with Gasteiger partial charge in [0.05, 0.1) is 18.4 Å². The smallest absolute Gasteiger partial charge is 0.161 e. The lowest BCUT2D eigenvalue weighted by atomic mass is 10.2. The van der Waals surface area contributed by atoms with E-state index in [1.165, 1.54) is 12.8 Å². The number of aliphatic imine (C=N–C) groups is 1. The number of aromatic nitrogens is 2. The SMILES string of the molecule is CCCC1CN=C(Nc2cnn(CC)c2)S1. The van der Waals surface area contributed by atoms with E-state index in [1.807, 2.05) is 28.8 Å². The normalized spacial score (nSPS) is 19.9. The highest BCUT2D eigenvalue weighted by Crippen LogP contribution is 2.25. The highest BCUT2D eigenvalue weighted by Gasteiger charge is 2.18. The highest BCUT2D eigenvalue weighted by atomic mass is 32.2. The predicted molar refractivity (Wildman–Crippen MR) is 70.1 cm³/mol. The van der Waals surface area contributed by atoms with E-state index < -0.39 is 0 Å². The van der Waals surface area contributed by atoms with Crippen molar-refractivity contribution in [1.29, 1.82) is 0 Å². The quantitative estimate of drug-likeness (QED) is 0.876. The van der Waals surface area contributed by atoms with Crippen LogP contribution >= 0.6 is 11.8 Å². The van der Waals surface area contributed by atoms with Crippen molar-refractivity contribution in [2.75, 3.05) is 11.9 Å². The summed E-state index contributed by atoms with van der Waals surface area (Å²) < 4.78 is 1.91. The minimum absolute atomic E-state index is 0.661. The Morgan fingerprint density at radius 2 is 2.44 bits per heavy atom. The minimum Gasteiger partial charge on any atom is -0.332 e. The van der Waals surface area contributed by atoms with Gasteiger partial charge in [-0.2, -0.15) is 5.10 Å². The molecule has 1 aromatic rings. The molecule has 0 saturated carbocycles. The Morgan fingerprint density at radius 1 is 1.56 bits per heavy atom. The lowest BCUT2D eigenvalue weighted by molar-refractivity contribution is 0.660. The van der Waals surface area contributed by atoms with E-state index in [4.69, 9.17) is 0 Å². The van der Waals surface area contributed by atoms with Gasteiger partial charge in [-0.3, -0.25) is 9.67 Å². The monoisotopic (exact) mass is 238 g/mol. The van der Waals surface area contributed by atoms with Gasteiger partial charge in [-0.15, -0.1) is 0 Å². The third kappa shape index (κ3) is 2.78. The van der Waals surface area contributed by atoms with Gasteiger partial charge < -0.3 is 5.32 Å². The first-order chi connectivity index (χ1) is 7.81. The molecule has 1 aliphatic heterocycles. The molecule has 0 saturated heterocycles. The Kier molecular flexibility index (Phi) is 3.88. The molecule has 0 amide bonds. The zero-order valence-corrected chi connectivity index (χ0v) is 10.6. The van der Waals surface area contributed by atoms with Gasteiger partial charge in [0, 0.05) is 18.0 Å². The molecule has 0 fully saturated rings. The van der Waals surface area contributed by atoms with Crippen LogP contribution < -0.4 is 5.32 Å². The first-order valence-corrected chi connectivity index (χ1v) is 6.70. The Labute approximate surface area is 101 Å². The van der Waals surface area contributed by atoms with E-state index in [9.17, 15) is 0 Å². The van der Waals surface area contributed by atoms with Gasteiger partial charge in [0.25, 0.3) is 0 Å². The van der Waals surface area contributed by atoms with Gasteiger partial charge in [-0.05, 0) is 13.3 Å². The van der Waals surface area contributed by atoms with Crippen LogP contribution in [0.15, 0.2) is 17.4 Å². The zero-order valence-electron chi connectivity index (χ0n) is 9.81. The summed E-state index contributed by atoms with van der Waals surface area (Å²) in [5.41, 5.74) is 1.03. The van der Waals surface area contributed by atoms with Crippen molar-refractivity contribution in [3.63, 3.8) is 0 Å². The molecule has 0 aliphatic carbocycles. The first kappa shape index (κ1) is 11.5. The molecule has 5 heteroatoms. The van der Waals surface area contributed by atoms with Crippen LogP contribution in [0.1, 0.15) is 26.7 Å². The molecule has 1 aromatic heterocycles. The first-order valence-electron chi connectivity index (χ1n) is 5.82. The number of hydrogen-bond acceptors (Lipinski definition) is 4. The van der Waals surface area contributed by atoms with Gasteiger partial charge in [-0.1, -0.05) is 25.1 Å². The molecule has 1 atom stereocenters. The number of thioether (sulfide) groups is 1. The summed E-state index contributed by atoms with van der Waals surface area (Å²) in [5, 5.41) is 9.23. The van der Waals surface area contributed by atoms with Crippen LogP contribution in [0.5, 0.6) is 0 Å². The van der Waals surface area contributed by atoms with Crippen molar-refractivity contribution in [2.24, 2.45) is 4.99 Å². The Balaban J connectivity index is 1.87. The molecule has 0 radical (unpaired) electrons. The second kappa shape index (κ2) is 5.39. The summed E-state index contributed by atoms with van der Waals surface area (Å²) in [7, 11) is 0. The average Bonchev–Trinajstić information content (AvgIpc) is 2.89. The molecule has 1 unspecified atom stereocenters. The number of nitrogens with zero attached hydrogens (tertiary/aromatic N) is 3. The molecule has 0 bridgehead atoms. The number of amidine groups is 1. The largest absolute Gasteiger partial charge is 0.332 e. The van der Waals surface area contributed by atoms with Gasteiger partial charge in [-0.25, -0.2) is 0 Å². The third-order valence-corrected chi connectivity index (χ3v) is 3.71. The van der Waals surface area contributed by atoms with Crippen molar-refractivity contribution in [2.45, 2.75) is 38.5 Å². The second-order valence-electron chi connectivity index (χ2n) is 3.88. The lowest BCUT2D eigenvalue weighted by Crippen LogP contribution is -2.06. The van der Waals surface area contributed by atoms with Crippen LogP contribution in [0.2, 0.25) is 0 Å². The van der Waals surface area contributed by atoms with E-state index in [0.29, 0.717) is 5.25 Å². The maximum absolute atomic E-state index is 4.50. The van der Waals surface area contributed by atoms with Crippen molar-refractivity contribution in [3.8, 4) is 0 Å². The van der Waals surface area contributed by atoms with Crippen LogP contribution in [0.4, 0.5) is 5.69 Å². The van der Waals surface area contributed by atoms with Crippen LogP contribution in [0.25, 0.3) is 0 Å². The highest BCUT2D eigenvalue weighted by molar-refractivity contribution is 8.15. The summed E-state index contributed by atoms with van der Waals surface area (Å²) in [4.78, 5) is 4.50. The summed E-state index contributed by atoms with van der Waals surface area (Å²) >= 11 is 1.85. The standard InChI is InChI=1S/C11H18N4S/c1-3-5-10-7-12-11(16-10)14-9-6-13-15(4-2)8-9/h6,8,10H,3-5,7H2,1-2H3,(H,12,14). The van der Waals surface area contributed by atoms with E-state index in [1.54, 1.807) is 0 Å². The van der Waals surface area contributed by atoms with E-state index >= 15 is 0 Å². The molecule has 1 N–H and O–H groups in total. The van der Waals surface area contributed by atoms with E-state index in [-0.39, 0.29) is 0 Å². The second-order valence-corrected chi connectivity index (χ2v) is 5.17. The van der Waals surface area contributed by atoms with Gasteiger partial charge in [0.15, 0.2) is 5.17 Å². The number of nitrogens with one attached hydrogen (secondary N) is 1. The lowest BCUT2D eigenvalue weighted by Gasteiger charge is -2.05. The average molecular weight is 238 g/mol. The number of rotatable bonds is 4. The molecule has 4 nitrogen and oxygen atoms in total. The van der Waals surface area contributed by atoms with Crippen LogP contribution in [-0.2, 0) is 6.54 Å². The van der Waals surface area contributed by atoms with Crippen molar-refractivity contribution in [1.82, 2.24) is 9.78 Å². The van der Waals surface area contributed by atoms with Crippen molar-refractivity contribution in [3.05, 3.63) is 12.4 Å². The predicted octanol–water partition coefficient (Wildman–Crippen LogP) is 2.59. The van der Waals surface area contributed by atoms with Crippen LogP contribution in [0, 0.1) is 0 Å². The van der Waals surface area contributed by atoms with Gasteiger partial charge >= 0.3 is 0 Å². The molecular weight excluding hydrogens is 220 g/mol. The summed E-state index contributed by atoms with van der Waals surface area (Å²) in [5.74, 6) is 0. The molecule has 0 spiro atoms. The minimum atomic E-state index is 0.661. The molecule has 88 valence electrons. The molecule has 16 heavy (non-hydrogen) atoms.